The van der Waals surface area contributed by atoms with Gasteiger partial charge < -0.3 is 28.4 Å². The fraction of sp³-hybridized carbons (Fsp3) is 0.630. The van der Waals surface area contributed by atoms with Crippen LogP contribution in [0.2, 0.25) is 25.7 Å². The molecule has 0 bridgehead atoms. The monoisotopic (exact) mass is 570 g/mol. The number of hydrogen-bond acceptors (Lipinski definition) is 8. The summed E-state index contributed by atoms with van der Waals surface area (Å²) in [6.07, 6.45) is 2.76. The number of carbonyl (C=O) groups is 2. The van der Waals surface area contributed by atoms with E-state index in [0.717, 1.165) is 22.7 Å². The fourth-order valence-corrected chi connectivity index (χ4v) is 7.00. The molecule has 11 heteroatoms. The highest BCUT2D eigenvalue weighted by Gasteiger charge is 2.41. The molecular formula is C27H43O9PSi. The molecule has 9 nitrogen and oxygen atoms in total. The highest BCUT2D eigenvalue weighted by molar-refractivity contribution is 7.55. The number of ether oxygens (including phenoxy) is 3. The largest absolute Gasteiger partial charge is 0.496 e. The zero-order valence-electron chi connectivity index (χ0n) is 24.0. The van der Waals surface area contributed by atoms with Crippen LogP contribution in [0.4, 0.5) is 0 Å². The van der Waals surface area contributed by atoms with Gasteiger partial charge in [-0.05, 0) is 51.6 Å². The zero-order chi connectivity index (χ0) is 28.7. The van der Waals surface area contributed by atoms with Gasteiger partial charge >= 0.3 is 19.5 Å². The Bertz CT molecular complexity index is 1080. The highest BCUT2D eigenvalue weighted by atomic mass is 31.2. The summed E-state index contributed by atoms with van der Waals surface area (Å²) in [6.45, 7) is 14.6. The van der Waals surface area contributed by atoms with E-state index in [0.29, 0.717) is 42.1 Å². The molecule has 1 atom stereocenters. The van der Waals surface area contributed by atoms with E-state index in [2.05, 4.69) is 19.6 Å². The quantitative estimate of drug-likeness (QED) is 0.105. The number of cyclic esters (lactones) is 1. The van der Waals surface area contributed by atoms with Crippen molar-refractivity contribution in [2.75, 3.05) is 26.9 Å². The van der Waals surface area contributed by atoms with Crippen molar-refractivity contribution in [2.24, 2.45) is 0 Å². The summed E-state index contributed by atoms with van der Waals surface area (Å²) in [5, 5.41) is 9.90. The molecule has 0 aliphatic carbocycles. The topological polar surface area (TPSA) is 118 Å². The van der Waals surface area contributed by atoms with Crippen LogP contribution >= 0.6 is 7.60 Å². The molecule has 1 unspecified atom stereocenters. The highest BCUT2D eigenvalue weighted by Crippen LogP contribution is 2.55. The van der Waals surface area contributed by atoms with E-state index >= 15 is 0 Å². The number of allylic oxidation sites excluding steroid dienone is 2. The third kappa shape index (κ3) is 7.71. The van der Waals surface area contributed by atoms with Crippen LogP contribution in [0.3, 0.4) is 0 Å². The lowest BCUT2D eigenvalue weighted by atomic mass is 9.94. The van der Waals surface area contributed by atoms with Crippen LogP contribution in [-0.4, -0.2) is 57.7 Å². The van der Waals surface area contributed by atoms with Gasteiger partial charge in [0.15, 0.2) is 5.66 Å². The molecule has 38 heavy (non-hydrogen) atoms. The summed E-state index contributed by atoms with van der Waals surface area (Å²) in [5.74, 6) is -0.589. The van der Waals surface area contributed by atoms with Gasteiger partial charge in [-0.2, -0.15) is 0 Å². The van der Waals surface area contributed by atoms with Crippen molar-refractivity contribution in [2.45, 2.75) is 84.9 Å². The summed E-state index contributed by atoms with van der Waals surface area (Å²) in [5.41, 5.74) is 2.15. The van der Waals surface area contributed by atoms with Crippen molar-refractivity contribution >= 4 is 27.6 Å². The molecule has 0 radical (unpaired) electrons. The molecule has 1 aromatic rings. The van der Waals surface area contributed by atoms with Crippen molar-refractivity contribution in [3.8, 4) is 11.5 Å². The predicted octanol–water partition coefficient (Wildman–Crippen LogP) is 6.38. The van der Waals surface area contributed by atoms with Crippen LogP contribution in [0, 0.1) is 6.92 Å². The Hall–Kier alpha value is -2.13. The van der Waals surface area contributed by atoms with Crippen LogP contribution in [0.1, 0.15) is 60.7 Å². The lowest BCUT2D eigenvalue weighted by Crippen LogP contribution is -2.24. The standard InChI is InChI=1S/C27H43O9PSi/c1-9-19(16-22(26(28)29)37(31,35-10-2)36-11-3)12-13-20-24(32-5)18(4)21-17-34-27(30)23(21)25(20)33-14-15-38(6,7)8/h12,22H,9-11,13-17H2,1-8H3,(H,28,29)/b19-12+. The summed E-state index contributed by atoms with van der Waals surface area (Å²) in [7, 11) is -3.70. The summed E-state index contributed by atoms with van der Waals surface area (Å²) in [4.78, 5) is 24.9. The van der Waals surface area contributed by atoms with Crippen molar-refractivity contribution in [1.29, 1.82) is 0 Å². The number of fused-ring (bicyclic) bond motifs is 1. The molecule has 0 amide bonds. The SMILES string of the molecule is CCOP(=O)(OCC)C(C/C(=C/Cc1c(OC)c(C)c2c(c1OCC[Si](C)(C)C)C(=O)OC2)CC)C(=O)O. The van der Waals surface area contributed by atoms with Gasteiger partial charge in [0.05, 0.1) is 26.9 Å². The van der Waals surface area contributed by atoms with Gasteiger partial charge in [0, 0.05) is 19.2 Å². The van der Waals surface area contributed by atoms with Crippen LogP contribution in [0.25, 0.3) is 0 Å². The number of aliphatic carboxylic acids is 1. The Labute approximate surface area is 227 Å². The van der Waals surface area contributed by atoms with E-state index in [4.69, 9.17) is 23.3 Å². The van der Waals surface area contributed by atoms with Crippen molar-refractivity contribution in [3.63, 3.8) is 0 Å². The number of carboxylic acid groups (broad SMARTS) is 1. The van der Waals surface area contributed by atoms with Crippen molar-refractivity contribution in [3.05, 3.63) is 33.9 Å². The van der Waals surface area contributed by atoms with Crippen LogP contribution in [0.15, 0.2) is 11.6 Å². The Morgan fingerprint density at radius 1 is 1.16 bits per heavy atom. The predicted molar refractivity (Wildman–Crippen MR) is 149 cm³/mol. The number of carboxylic acids is 1. The van der Waals surface area contributed by atoms with E-state index in [1.165, 1.54) is 0 Å². The second-order valence-electron chi connectivity index (χ2n) is 10.4. The van der Waals surface area contributed by atoms with Crippen LogP contribution < -0.4 is 9.47 Å². The first kappa shape index (κ1) is 32.1. The third-order valence-electron chi connectivity index (χ3n) is 6.51. The normalized spacial score (nSPS) is 14.7. The van der Waals surface area contributed by atoms with Gasteiger partial charge in [-0.1, -0.05) is 38.2 Å². The average Bonchev–Trinajstić information content (AvgIpc) is 3.22. The second-order valence-corrected chi connectivity index (χ2v) is 18.2. The first-order valence-corrected chi connectivity index (χ1v) is 18.5. The molecule has 2 rings (SSSR count). The van der Waals surface area contributed by atoms with Gasteiger partial charge in [-0.25, -0.2) is 4.79 Å². The first-order chi connectivity index (χ1) is 17.8. The molecular weight excluding hydrogens is 527 g/mol. The molecule has 0 spiro atoms. The third-order valence-corrected chi connectivity index (χ3v) is 10.6. The van der Waals surface area contributed by atoms with Gasteiger partial charge in [0.2, 0.25) is 0 Å². The Morgan fingerprint density at radius 3 is 2.29 bits per heavy atom. The summed E-state index contributed by atoms with van der Waals surface area (Å²) in [6, 6.07) is 0.910. The maximum Gasteiger partial charge on any atom is 0.345 e. The maximum atomic E-state index is 13.3. The van der Waals surface area contributed by atoms with E-state index in [-0.39, 0.29) is 26.2 Å². The molecule has 1 aliphatic rings. The Morgan fingerprint density at radius 2 is 1.79 bits per heavy atom. The molecule has 0 saturated carbocycles. The van der Waals surface area contributed by atoms with Gasteiger partial charge in [0.1, 0.15) is 23.7 Å². The minimum absolute atomic E-state index is 0.00318. The lowest BCUT2D eigenvalue weighted by Gasteiger charge is -2.24. The fourth-order valence-electron chi connectivity index (χ4n) is 4.41. The zero-order valence-corrected chi connectivity index (χ0v) is 25.9. The van der Waals surface area contributed by atoms with E-state index in [9.17, 15) is 19.3 Å². The van der Waals surface area contributed by atoms with E-state index < -0.39 is 33.3 Å². The van der Waals surface area contributed by atoms with Crippen LogP contribution in [0.5, 0.6) is 11.5 Å². The van der Waals surface area contributed by atoms with Gasteiger partial charge in [-0.3, -0.25) is 9.36 Å². The molecule has 1 aliphatic heterocycles. The maximum absolute atomic E-state index is 13.3. The molecule has 1 aromatic carbocycles. The molecule has 1 N–H and O–H groups in total. The number of carbonyl (C=O) groups excluding carboxylic acids is 1. The number of esters is 1. The van der Waals surface area contributed by atoms with Crippen LogP contribution in [-0.2, 0) is 36.2 Å². The number of benzene rings is 1. The average molecular weight is 571 g/mol. The van der Waals surface area contributed by atoms with Crippen molar-refractivity contribution < 1.29 is 42.5 Å². The minimum atomic E-state index is -3.88. The molecule has 0 saturated heterocycles. The lowest BCUT2D eigenvalue weighted by molar-refractivity contribution is -0.137. The minimum Gasteiger partial charge on any atom is -0.496 e. The van der Waals surface area contributed by atoms with Gasteiger partial charge in [-0.15, -0.1) is 0 Å². The smallest absolute Gasteiger partial charge is 0.345 e. The summed E-state index contributed by atoms with van der Waals surface area (Å²) < 4.78 is 41.4. The molecule has 0 aromatic heterocycles. The Balaban J connectivity index is 2.53. The molecule has 0 fully saturated rings. The number of hydrogen-bond donors (Lipinski definition) is 1. The number of methoxy groups -OCH3 is 1. The number of rotatable bonds is 16. The molecule has 214 valence electrons. The van der Waals surface area contributed by atoms with E-state index in [1.54, 1.807) is 21.0 Å². The van der Waals surface area contributed by atoms with E-state index in [1.807, 2.05) is 19.9 Å². The first-order valence-electron chi connectivity index (χ1n) is 13.1. The van der Waals surface area contributed by atoms with Crippen molar-refractivity contribution in [1.82, 2.24) is 0 Å². The van der Waals surface area contributed by atoms with Gasteiger partial charge in [0.25, 0.3) is 0 Å². The second kappa shape index (κ2) is 13.8. The summed E-state index contributed by atoms with van der Waals surface area (Å²) >= 11 is 0. The molecule has 1 heterocycles. The Kier molecular flexibility index (Phi) is 11.6.